The molecule has 0 spiro atoms. The topological polar surface area (TPSA) is 76.5 Å². The Hall–Kier alpha value is -3.84. The number of imidazole rings is 1. The number of aryl methyl sites for hydroxylation is 1. The Bertz CT molecular complexity index is 1320. The van der Waals surface area contributed by atoms with Crippen molar-refractivity contribution in [1.29, 1.82) is 0 Å². The first-order valence-corrected chi connectivity index (χ1v) is 11.8. The van der Waals surface area contributed by atoms with Crippen LogP contribution in [0.5, 0.6) is 0 Å². The summed E-state index contributed by atoms with van der Waals surface area (Å²) in [4.78, 5) is 31.8. The number of carbonyl (C=O) groups excluding carboxylic acids is 2. The van der Waals surface area contributed by atoms with Crippen LogP contribution in [0.4, 0.5) is 11.4 Å². The third-order valence-electron chi connectivity index (χ3n) is 5.67. The van der Waals surface area contributed by atoms with Crippen molar-refractivity contribution in [3.05, 3.63) is 89.2 Å². The molecule has 8 heteroatoms. The van der Waals surface area contributed by atoms with Gasteiger partial charge >= 0.3 is 5.97 Å². The van der Waals surface area contributed by atoms with E-state index in [0.717, 1.165) is 28.2 Å². The molecule has 1 heterocycles. The van der Waals surface area contributed by atoms with Gasteiger partial charge in [0.05, 0.1) is 30.6 Å². The molecule has 35 heavy (non-hydrogen) atoms. The van der Waals surface area contributed by atoms with Gasteiger partial charge < -0.3 is 19.5 Å². The van der Waals surface area contributed by atoms with Gasteiger partial charge in [0, 0.05) is 35.6 Å². The van der Waals surface area contributed by atoms with E-state index >= 15 is 0 Å². The van der Waals surface area contributed by atoms with Gasteiger partial charge in [0.15, 0.2) is 0 Å². The normalized spacial score (nSPS) is 10.8. The van der Waals surface area contributed by atoms with Gasteiger partial charge in [0.2, 0.25) is 0 Å². The number of hydrogen-bond donors (Lipinski definition) is 1. The van der Waals surface area contributed by atoms with Gasteiger partial charge in [-0.2, -0.15) is 0 Å². The lowest BCUT2D eigenvalue weighted by molar-refractivity contribution is -0.142. The second kappa shape index (κ2) is 11.1. The summed E-state index contributed by atoms with van der Waals surface area (Å²) in [5.74, 6) is 0.301. The molecule has 0 radical (unpaired) electrons. The Morgan fingerprint density at radius 1 is 1.06 bits per heavy atom. The quantitative estimate of drug-likeness (QED) is 0.316. The third kappa shape index (κ3) is 5.81. The molecule has 7 nitrogen and oxygen atoms in total. The van der Waals surface area contributed by atoms with Crippen molar-refractivity contribution in [2.75, 3.05) is 23.4 Å². The van der Waals surface area contributed by atoms with Gasteiger partial charge in [0.25, 0.3) is 5.91 Å². The van der Waals surface area contributed by atoms with Crippen molar-refractivity contribution in [1.82, 2.24) is 9.55 Å². The minimum Gasteiger partial charge on any atom is -0.466 e. The van der Waals surface area contributed by atoms with Crippen molar-refractivity contribution in [3.8, 4) is 0 Å². The molecule has 1 amide bonds. The molecule has 0 fully saturated rings. The minimum absolute atomic E-state index is 0.112. The average Bonchev–Trinajstić information content (AvgIpc) is 3.19. The number of hydrogen-bond acceptors (Lipinski definition) is 5. The number of nitrogens with zero attached hydrogens (tertiary/aromatic N) is 3. The van der Waals surface area contributed by atoms with Gasteiger partial charge in [-0.25, -0.2) is 4.98 Å². The first kappa shape index (κ1) is 24.3. The van der Waals surface area contributed by atoms with Crippen LogP contribution in [0, 0.1) is 0 Å². The summed E-state index contributed by atoms with van der Waals surface area (Å²) in [5.41, 5.74) is 3.81. The molecular formula is C27H27ClN4O3. The van der Waals surface area contributed by atoms with Crippen molar-refractivity contribution in [2.24, 2.45) is 7.05 Å². The van der Waals surface area contributed by atoms with Gasteiger partial charge in [-0.1, -0.05) is 29.8 Å². The van der Waals surface area contributed by atoms with Crippen molar-refractivity contribution in [2.45, 2.75) is 19.9 Å². The zero-order valence-corrected chi connectivity index (χ0v) is 20.5. The number of amides is 1. The summed E-state index contributed by atoms with van der Waals surface area (Å²) in [7, 11) is 1.95. The maximum absolute atomic E-state index is 13.5. The third-order valence-corrected chi connectivity index (χ3v) is 5.93. The van der Waals surface area contributed by atoms with Crippen LogP contribution in [0.15, 0.2) is 72.8 Å². The SMILES string of the molecule is CCOC(=O)CCN(C(=O)c1ccc2c(c1)nc(CNc1ccc(Cl)cc1)n2C)c1ccccc1. The van der Waals surface area contributed by atoms with E-state index in [1.165, 1.54) is 0 Å². The molecule has 0 aliphatic rings. The fourth-order valence-corrected chi connectivity index (χ4v) is 3.96. The standard InChI is InChI=1S/C27H27ClN4O3/c1-3-35-26(33)15-16-32(22-7-5-4-6-8-22)27(34)19-9-14-24-23(17-19)30-25(31(24)2)18-29-21-12-10-20(28)11-13-21/h4-14,17,29H,3,15-16,18H2,1-2H3. The smallest absolute Gasteiger partial charge is 0.307 e. The Labute approximate surface area is 209 Å². The number of ether oxygens (including phenoxy) is 1. The summed E-state index contributed by atoms with van der Waals surface area (Å²) in [6.45, 7) is 2.81. The van der Waals surface area contributed by atoms with E-state index in [-0.39, 0.29) is 24.8 Å². The average molecular weight is 491 g/mol. The predicted octanol–water partition coefficient (Wildman–Crippen LogP) is 5.44. The highest BCUT2D eigenvalue weighted by molar-refractivity contribution is 6.30. The molecule has 0 atom stereocenters. The molecule has 4 aromatic rings. The number of benzene rings is 3. The fraction of sp³-hybridized carbons (Fsp3) is 0.222. The molecular weight excluding hydrogens is 464 g/mol. The maximum atomic E-state index is 13.5. The molecule has 1 N–H and O–H groups in total. The fourth-order valence-electron chi connectivity index (χ4n) is 3.84. The monoisotopic (exact) mass is 490 g/mol. The molecule has 0 saturated carbocycles. The minimum atomic E-state index is -0.334. The zero-order chi connectivity index (χ0) is 24.8. The molecule has 0 saturated heterocycles. The van der Waals surface area contributed by atoms with Gasteiger partial charge in [-0.05, 0) is 61.5 Å². The highest BCUT2D eigenvalue weighted by atomic mass is 35.5. The van der Waals surface area contributed by atoms with Crippen molar-refractivity contribution in [3.63, 3.8) is 0 Å². The molecule has 3 aromatic carbocycles. The van der Waals surface area contributed by atoms with Gasteiger partial charge in [-0.3, -0.25) is 9.59 Å². The lowest BCUT2D eigenvalue weighted by atomic mass is 10.1. The zero-order valence-electron chi connectivity index (χ0n) is 19.7. The number of para-hydroxylation sites is 1. The van der Waals surface area contributed by atoms with Crippen LogP contribution in [-0.2, 0) is 23.1 Å². The predicted molar refractivity (Wildman–Crippen MR) is 139 cm³/mol. The lowest BCUT2D eigenvalue weighted by Gasteiger charge is -2.22. The molecule has 180 valence electrons. The number of halogens is 1. The molecule has 0 aliphatic heterocycles. The molecule has 1 aromatic heterocycles. The summed E-state index contributed by atoms with van der Waals surface area (Å²) in [6, 6.07) is 22.3. The summed E-state index contributed by atoms with van der Waals surface area (Å²) in [5, 5.41) is 4.03. The largest absolute Gasteiger partial charge is 0.466 e. The molecule has 0 unspecified atom stereocenters. The number of fused-ring (bicyclic) bond motifs is 1. The Kier molecular flexibility index (Phi) is 7.67. The van der Waals surface area contributed by atoms with Gasteiger partial charge in [-0.15, -0.1) is 0 Å². The van der Waals surface area contributed by atoms with E-state index in [1.54, 1.807) is 24.0 Å². The van der Waals surface area contributed by atoms with Crippen LogP contribution in [0.1, 0.15) is 29.5 Å². The lowest BCUT2D eigenvalue weighted by Crippen LogP contribution is -2.33. The summed E-state index contributed by atoms with van der Waals surface area (Å²) < 4.78 is 7.05. The first-order chi connectivity index (χ1) is 17.0. The second-order valence-electron chi connectivity index (χ2n) is 8.00. The molecule has 0 bridgehead atoms. The Balaban J connectivity index is 1.56. The second-order valence-corrected chi connectivity index (χ2v) is 8.43. The number of esters is 1. The maximum Gasteiger partial charge on any atom is 0.307 e. The Morgan fingerprint density at radius 3 is 2.51 bits per heavy atom. The van der Waals surface area contributed by atoms with E-state index < -0.39 is 0 Å². The van der Waals surface area contributed by atoms with Crippen LogP contribution in [-0.4, -0.2) is 34.6 Å². The number of anilines is 2. The van der Waals surface area contributed by atoms with E-state index in [1.807, 2.05) is 72.3 Å². The number of carbonyl (C=O) groups is 2. The van der Waals surface area contributed by atoms with Crippen molar-refractivity contribution < 1.29 is 14.3 Å². The van der Waals surface area contributed by atoms with Crippen LogP contribution in [0.2, 0.25) is 5.02 Å². The van der Waals surface area contributed by atoms with Crippen LogP contribution in [0.25, 0.3) is 11.0 Å². The van der Waals surface area contributed by atoms with E-state index in [4.69, 9.17) is 21.3 Å². The highest BCUT2D eigenvalue weighted by Crippen LogP contribution is 2.22. The number of nitrogens with one attached hydrogen (secondary N) is 1. The van der Waals surface area contributed by atoms with E-state index in [9.17, 15) is 9.59 Å². The molecule has 4 rings (SSSR count). The van der Waals surface area contributed by atoms with E-state index in [2.05, 4.69) is 5.32 Å². The van der Waals surface area contributed by atoms with E-state index in [0.29, 0.717) is 23.7 Å². The number of rotatable bonds is 9. The first-order valence-electron chi connectivity index (χ1n) is 11.4. The number of aromatic nitrogens is 2. The summed E-state index contributed by atoms with van der Waals surface area (Å²) >= 11 is 5.96. The van der Waals surface area contributed by atoms with Crippen molar-refractivity contribution >= 4 is 45.9 Å². The highest BCUT2D eigenvalue weighted by Gasteiger charge is 2.20. The van der Waals surface area contributed by atoms with Gasteiger partial charge in [0.1, 0.15) is 5.82 Å². The summed E-state index contributed by atoms with van der Waals surface area (Å²) in [6.07, 6.45) is 0.112. The Morgan fingerprint density at radius 2 is 1.80 bits per heavy atom. The van der Waals surface area contributed by atoms with Crippen LogP contribution < -0.4 is 10.2 Å². The molecule has 0 aliphatic carbocycles. The van der Waals surface area contributed by atoms with Crippen LogP contribution in [0.3, 0.4) is 0 Å². The van der Waals surface area contributed by atoms with Crippen LogP contribution >= 0.6 is 11.6 Å².